The highest BCUT2D eigenvalue weighted by Gasteiger charge is 2.00. The summed E-state index contributed by atoms with van der Waals surface area (Å²) in [4.78, 5) is 0. The van der Waals surface area contributed by atoms with Gasteiger partial charge in [-0.15, -0.1) is 0 Å². The van der Waals surface area contributed by atoms with Crippen LogP contribution in [0.25, 0.3) is 0 Å². The van der Waals surface area contributed by atoms with Gasteiger partial charge in [-0.3, -0.25) is 0 Å². The summed E-state index contributed by atoms with van der Waals surface area (Å²) in [5, 5.41) is 0. The lowest BCUT2D eigenvalue weighted by Gasteiger charge is -2.01. The van der Waals surface area contributed by atoms with Crippen molar-refractivity contribution >= 4 is 0 Å². The molecule has 0 aliphatic carbocycles. The van der Waals surface area contributed by atoms with Crippen LogP contribution in [0.1, 0.15) is 33.6 Å². The van der Waals surface area contributed by atoms with Crippen LogP contribution in [0.5, 0.6) is 0 Å². The van der Waals surface area contributed by atoms with Crippen LogP contribution in [0.3, 0.4) is 0 Å². The van der Waals surface area contributed by atoms with Crippen LogP contribution >= 0.6 is 0 Å². The Kier molecular flexibility index (Phi) is 3.76. The van der Waals surface area contributed by atoms with Crippen LogP contribution in [-0.4, -0.2) is 0 Å². The van der Waals surface area contributed by atoms with E-state index in [-0.39, 0.29) is 0 Å². The van der Waals surface area contributed by atoms with E-state index in [4.69, 9.17) is 0 Å². The smallest absolute Gasteiger partial charge is 0.0628 e. The molecule has 0 heterocycles. The Bertz CT molecular complexity index is 36.0. The van der Waals surface area contributed by atoms with Crippen LogP contribution in [0.4, 0.5) is 0 Å². The van der Waals surface area contributed by atoms with E-state index in [1.54, 1.807) is 0 Å². The highest BCUT2D eigenvalue weighted by molar-refractivity contribution is 4.55. The lowest BCUT2D eigenvalue weighted by atomic mass is 10.0. The van der Waals surface area contributed by atoms with Crippen molar-refractivity contribution in [3.8, 4) is 0 Å². The van der Waals surface area contributed by atoms with E-state index in [0.29, 0.717) is 5.92 Å². The van der Waals surface area contributed by atoms with Crippen LogP contribution in [0.2, 0.25) is 0 Å². The molecule has 0 aliphatic heterocycles. The molecule has 0 bridgehead atoms. The number of rotatable bonds is 3. The van der Waals surface area contributed by atoms with Crippen molar-refractivity contribution in [2.24, 2.45) is 11.8 Å². The molecule has 0 rings (SSSR count). The fourth-order valence-electron chi connectivity index (χ4n) is 0.618. The molecule has 1 unspecified atom stereocenters. The van der Waals surface area contributed by atoms with Crippen LogP contribution in [-0.2, 0) is 0 Å². The monoisotopic (exact) mass is 113 g/mol. The summed E-state index contributed by atoms with van der Waals surface area (Å²) in [6.07, 6.45) is 2.60. The Balaban J connectivity index is 2.93. The molecule has 0 saturated heterocycles. The molecule has 0 amide bonds. The molecular weight excluding hydrogens is 96.1 g/mol. The topological polar surface area (TPSA) is 0 Å². The summed E-state index contributed by atoms with van der Waals surface area (Å²) in [7, 11) is 0. The fraction of sp³-hybridized carbons (Fsp3) is 0.875. The predicted molar refractivity (Wildman–Crippen MR) is 38.6 cm³/mol. The minimum atomic E-state index is 0.636. The Morgan fingerprint density at radius 1 is 1.12 bits per heavy atom. The lowest BCUT2D eigenvalue weighted by Crippen LogP contribution is -1.92. The van der Waals surface area contributed by atoms with Crippen molar-refractivity contribution in [3.63, 3.8) is 0 Å². The van der Waals surface area contributed by atoms with Gasteiger partial charge >= 0.3 is 0 Å². The minimum Gasteiger partial charge on any atom is -0.0628 e. The molecule has 0 N–H and O–H groups in total. The molecule has 0 nitrogen and oxygen atoms in total. The molecule has 0 spiro atoms. The van der Waals surface area contributed by atoms with E-state index in [9.17, 15) is 0 Å². The summed E-state index contributed by atoms with van der Waals surface area (Å²) < 4.78 is 0. The SMILES string of the molecule is [CH2+]C(C)CCC(C)C. The van der Waals surface area contributed by atoms with Crippen LogP contribution in [0, 0.1) is 18.8 Å². The second kappa shape index (κ2) is 3.82. The number of hydrogen-bond acceptors (Lipinski definition) is 0. The summed E-state index contributed by atoms with van der Waals surface area (Å²) in [5.41, 5.74) is 0. The third-order valence-corrected chi connectivity index (χ3v) is 1.24. The molecule has 0 aromatic rings. The van der Waals surface area contributed by atoms with Gasteiger partial charge in [0.15, 0.2) is 0 Å². The molecule has 0 aliphatic rings. The molecule has 0 aromatic heterocycles. The van der Waals surface area contributed by atoms with Crippen LogP contribution < -0.4 is 0 Å². The molecule has 1 atom stereocenters. The Morgan fingerprint density at radius 3 is 1.75 bits per heavy atom. The maximum Gasteiger partial charge on any atom is 0.0925 e. The van der Waals surface area contributed by atoms with Gasteiger partial charge in [0.25, 0.3) is 0 Å². The van der Waals surface area contributed by atoms with Crippen LogP contribution in [0.15, 0.2) is 0 Å². The standard InChI is InChI=1S/C8H17/c1-7(2)5-6-8(3)4/h7-8H,1,5-6H2,2-4H3/q+1. The first-order chi connectivity index (χ1) is 3.63. The quantitative estimate of drug-likeness (QED) is 0.494. The van der Waals surface area contributed by atoms with Crippen molar-refractivity contribution < 1.29 is 0 Å². The van der Waals surface area contributed by atoms with E-state index in [2.05, 4.69) is 27.7 Å². The molecule has 48 valence electrons. The maximum absolute atomic E-state index is 3.91. The highest BCUT2D eigenvalue weighted by atomic mass is 14.0. The fourth-order valence-corrected chi connectivity index (χ4v) is 0.618. The third kappa shape index (κ3) is 5.87. The molecule has 0 heteroatoms. The number of hydrogen-bond donors (Lipinski definition) is 0. The van der Waals surface area contributed by atoms with Gasteiger partial charge in [0.1, 0.15) is 0 Å². The molecule has 8 heavy (non-hydrogen) atoms. The Morgan fingerprint density at radius 2 is 1.62 bits per heavy atom. The second-order valence-corrected chi connectivity index (χ2v) is 3.08. The van der Waals surface area contributed by atoms with E-state index >= 15 is 0 Å². The summed E-state index contributed by atoms with van der Waals surface area (Å²) in [5.74, 6) is 1.48. The van der Waals surface area contributed by atoms with Crippen molar-refractivity contribution in [3.05, 3.63) is 6.92 Å². The van der Waals surface area contributed by atoms with Gasteiger partial charge in [0.05, 0.1) is 12.8 Å². The first-order valence-corrected chi connectivity index (χ1v) is 3.46. The zero-order valence-corrected chi connectivity index (χ0v) is 6.28. The summed E-state index contributed by atoms with van der Waals surface area (Å²) in [6, 6.07) is 0. The normalized spacial score (nSPS) is 14.5. The van der Waals surface area contributed by atoms with Gasteiger partial charge in [0.2, 0.25) is 0 Å². The maximum atomic E-state index is 3.91. The average molecular weight is 113 g/mol. The molecule has 0 radical (unpaired) electrons. The predicted octanol–water partition coefficient (Wildman–Crippen LogP) is 2.89. The van der Waals surface area contributed by atoms with Gasteiger partial charge in [-0.1, -0.05) is 13.8 Å². The van der Waals surface area contributed by atoms with E-state index in [1.807, 2.05) is 0 Å². The first kappa shape index (κ1) is 7.87. The first-order valence-electron chi connectivity index (χ1n) is 3.46. The molecule has 0 fully saturated rings. The molecular formula is C8H17+. The van der Waals surface area contributed by atoms with Gasteiger partial charge in [0, 0.05) is 0 Å². The largest absolute Gasteiger partial charge is 0.0925 e. The second-order valence-electron chi connectivity index (χ2n) is 3.08. The lowest BCUT2D eigenvalue weighted by molar-refractivity contribution is 0.500. The van der Waals surface area contributed by atoms with Crippen molar-refractivity contribution in [1.29, 1.82) is 0 Å². The zero-order chi connectivity index (χ0) is 6.57. The average Bonchev–Trinajstić information content (AvgIpc) is 1.61. The summed E-state index contributed by atoms with van der Waals surface area (Å²) in [6.45, 7) is 10.6. The highest BCUT2D eigenvalue weighted by Crippen LogP contribution is 2.09. The Labute approximate surface area is 53.3 Å². The molecule has 0 aromatic carbocycles. The van der Waals surface area contributed by atoms with Crippen molar-refractivity contribution in [1.82, 2.24) is 0 Å². The zero-order valence-electron chi connectivity index (χ0n) is 6.28. The van der Waals surface area contributed by atoms with E-state index in [1.165, 1.54) is 12.8 Å². The third-order valence-electron chi connectivity index (χ3n) is 1.24. The molecule has 0 saturated carbocycles. The minimum absolute atomic E-state index is 0.636. The van der Waals surface area contributed by atoms with Gasteiger partial charge in [-0.25, -0.2) is 0 Å². The van der Waals surface area contributed by atoms with Gasteiger partial charge in [-0.05, 0) is 25.7 Å². The van der Waals surface area contributed by atoms with Gasteiger partial charge in [-0.2, -0.15) is 0 Å². The van der Waals surface area contributed by atoms with E-state index in [0.717, 1.165) is 5.92 Å². The van der Waals surface area contributed by atoms with Crippen molar-refractivity contribution in [2.75, 3.05) is 0 Å². The Hall–Kier alpha value is -0.130. The summed E-state index contributed by atoms with van der Waals surface area (Å²) >= 11 is 0. The van der Waals surface area contributed by atoms with E-state index < -0.39 is 0 Å². The van der Waals surface area contributed by atoms with Gasteiger partial charge < -0.3 is 0 Å². The van der Waals surface area contributed by atoms with Crippen molar-refractivity contribution in [2.45, 2.75) is 33.6 Å².